The lowest BCUT2D eigenvalue weighted by atomic mass is 10.3. The van der Waals surface area contributed by atoms with Crippen molar-refractivity contribution >= 4 is 27.7 Å². The van der Waals surface area contributed by atoms with Crippen molar-refractivity contribution in [1.29, 1.82) is 0 Å². The lowest BCUT2D eigenvalue weighted by Crippen LogP contribution is -2.14. The van der Waals surface area contributed by atoms with E-state index in [-0.39, 0.29) is 34.6 Å². The molecule has 0 atom stereocenters. The van der Waals surface area contributed by atoms with E-state index < -0.39 is 16.1 Å². The third-order valence-corrected chi connectivity index (χ3v) is 4.22. The minimum Gasteiger partial charge on any atom is -0.482 e. The predicted octanol–water partition coefficient (Wildman–Crippen LogP) is 3.05. The number of esters is 1. The van der Waals surface area contributed by atoms with Gasteiger partial charge in [-0.1, -0.05) is 29.8 Å². The molecule has 0 saturated heterocycles. The molecule has 0 saturated carbocycles. The number of carbonyl (C=O) groups excluding carboxylic acids is 1. The summed E-state index contributed by atoms with van der Waals surface area (Å²) in [7, 11) is -3.99. The van der Waals surface area contributed by atoms with Gasteiger partial charge in [-0.15, -0.1) is 0 Å². The van der Waals surface area contributed by atoms with E-state index in [9.17, 15) is 13.2 Å². The van der Waals surface area contributed by atoms with Crippen LogP contribution in [-0.4, -0.2) is 27.6 Å². The maximum absolute atomic E-state index is 12.2. The highest BCUT2D eigenvalue weighted by atomic mass is 35.5. The van der Waals surface area contributed by atoms with E-state index in [4.69, 9.17) is 25.3 Å². The van der Waals surface area contributed by atoms with E-state index in [1.807, 2.05) is 0 Å². The smallest absolute Gasteiger partial charge is 0.344 e. The van der Waals surface area contributed by atoms with Crippen molar-refractivity contribution < 1.29 is 26.9 Å². The third kappa shape index (κ3) is 5.14. The van der Waals surface area contributed by atoms with Gasteiger partial charge in [0.2, 0.25) is 0 Å². The summed E-state index contributed by atoms with van der Waals surface area (Å²) in [5.41, 5.74) is 0. The zero-order valence-electron chi connectivity index (χ0n) is 12.8. The molecule has 2 aromatic carbocycles. The summed E-state index contributed by atoms with van der Waals surface area (Å²) in [5.74, 6) is -0.379. The second-order valence-corrected chi connectivity index (χ2v) is 6.55. The van der Waals surface area contributed by atoms with E-state index in [0.717, 1.165) is 0 Å². The summed E-state index contributed by atoms with van der Waals surface area (Å²) in [4.78, 5) is 11.3. The van der Waals surface area contributed by atoms with Crippen LogP contribution in [0.5, 0.6) is 11.5 Å². The van der Waals surface area contributed by atoms with E-state index in [2.05, 4.69) is 0 Å². The highest BCUT2D eigenvalue weighted by Gasteiger charge is 2.17. The van der Waals surface area contributed by atoms with Crippen LogP contribution in [0.2, 0.25) is 5.02 Å². The van der Waals surface area contributed by atoms with Crippen LogP contribution in [-0.2, 0) is 19.6 Å². The van der Waals surface area contributed by atoms with Gasteiger partial charge in [0.15, 0.2) is 6.61 Å². The highest BCUT2D eigenvalue weighted by Crippen LogP contribution is 2.28. The van der Waals surface area contributed by atoms with Gasteiger partial charge in [0, 0.05) is 17.2 Å². The molecule has 24 heavy (non-hydrogen) atoms. The fraction of sp³-hybridized carbons (Fsp3) is 0.188. The number of rotatable bonds is 7. The van der Waals surface area contributed by atoms with Crippen molar-refractivity contribution in [2.24, 2.45) is 0 Å². The summed E-state index contributed by atoms with van der Waals surface area (Å²) in [6.45, 7) is 1.60. The first-order valence-electron chi connectivity index (χ1n) is 6.99. The second kappa shape index (κ2) is 8.03. The van der Waals surface area contributed by atoms with Gasteiger partial charge in [-0.05, 0) is 25.1 Å². The van der Waals surface area contributed by atoms with Gasteiger partial charge in [0.1, 0.15) is 16.4 Å². The number of halogens is 1. The molecular weight excluding hydrogens is 356 g/mol. The van der Waals surface area contributed by atoms with Gasteiger partial charge >= 0.3 is 16.1 Å². The maximum Gasteiger partial charge on any atom is 0.344 e. The van der Waals surface area contributed by atoms with Crippen molar-refractivity contribution in [2.75, 3.05) is 13.2 Å². The number of benzene rings is 2. The molecule has 0 spiro atoms. The van der Waals surface area contributed by atoms with Crippen molar-refractivity contribution in [3.05, 3.63) is 53.6 Å². The SMILES string of the molecule is CCOC(=O)COc1cc(Cl)cc(OS(=O)(=O)c2ccccc2)c1. The molecule has 128 valence electrons. The first kappa shape index (κ1) is 18.1. The van der Waals surface area contributed by atoms with E-state index in [1.165, 1.54) is 30.3 Å². The Morgan fingerprint density at radius 3 is 2.42 bits per heavy atom. The number of carbonyl (C=O) groups is 1. The first-order valence-corrected chi connectivity index (χ1v) is 8.78. The van der Waals surface area contributed by atoms with Crippen LogP contribution in [0.3, 0.4) is 0 Å². The molecule has 0 fully saturated rings. The van der Waals surface area contributed by atoms with Crippen LogP contribution in [0, 0.1) is 0 Å². The molecule has 2 rings (SSSR count). The molecule has 6 nitrogen and oxygen atoms in total. The van der Waals surface area contributed by atoms with Crippen molar-refractivity contribution in [3.8, 4) is 11.5 Å². The summed E-state index contributed by atoms with van der Waals surface area (Å²) >= 11 is 5.93. The molecule has 0 aliphatic heterocycles. The summed E-state index contributed by atoms with van der Waals surface area (Å²) < 4.78 is 39.4. The van der Waals surface area contributed by atoms with Gasteiger partial charge in [0.25, 0.3) is 0 Å². The van der Waals surface area contributed by atoms with Crippen LogP contribution in [0.4, 0.5) is 0 Å². The monoisotopic (exact) mass is 370 g/mol. The van der Waals surface area contributed by atoms with Crippen molar-refractivity contribution in [2.45, 2.75) is 11.8 Å². The van der Waals surface area contributed by atoms with Crippen LogP contribution in [0.1, 0.15) is 6.92 Å². The van der Waals surface area contributed by atoms with Crippen LogP contribution in [0.25, 0.3) is 0 Å². The molecule has 0 unspecified atom stereocenters. The Balaban J connectivity index is 2.15. The zero-order chi connectivity index (χ0) is 17.6. The Bertz CT molecular complexity index is 805. The Hall–Kier alpha value is -2.25. The number of hydrogen-bond donors (Lipinski definition) is 0. The van der Waals surface area contributed by atoms with Gasteiger partial charge in [-0.2, -0.15) is 8.42 Å². The standard InChI is InChI=1S/C16H15ClO6S/c1-2-21-16(18)11-22-13-8-12(17)9-14(10-13)23-24(19,20)15-6-4-3-5-7-15/h3-10H,2,11H2,1H3. The number of ether oxygens (including phenoxy) is 2. The van der Waals surface area contributed by atoms with Gasteiger partial charge in [0.05, 0.1) is 6.61 Å². The molecular formula is C16H15ClO6S. The van der Waals surface area contributed by atoms with Crippen molar-refractivity contribution in [1.82, 2.24) is 0 Å². The topological polar surface area (TPSA) is 78.9 Å². The third-order valence-electron chi connectivity index (χ3n) is 2.74. The van der Waals surface area contributed by atoms with E-state index in [1.54, 1.807) is 25.1 Å². The highest BCUT2D eigenvalue weighted by molar-refractivity contribution is 7.87. The Morgan fingerprint density at radius 2 is 1.75 bits per heavy atom. The van der Waals surface area contributed by atoms with E-state index in [0.29, 0.717) is 0 Å². The minimum absolute atomic E-state index is 0.0129. The lowest BCUT2D eigenvalue weighted by Gasteiger charge is -2.10. The summed E-state index contributed by atoms with van der Waals surface area (Å²) in [6.07, 6.45) is 0. The molecule has 0 amide bonds. The number of hydrogen-bond acceptors (Lipinski definition) is 6. The molecule has 8 heteroatoms. The summed E-state index contributed by atoms with van der Waals surface area (Å²) in [6, 6.07) is 11.8. The quantitative estimate of drug-likeness (QED) is 0.550. The summed E-state index contributed by atoms with van der Waals surface area (Å²) in [5, 5.41) is 0.203. The Kier molecular flexibility index (Phi) is 6.05. The molecule has 0 aromatic heterocycles. The lowest BCUT2D eigenvalue weighted by molar-refractivity contribution is -0.145. The van der Waals surface area contributed by atoms with Gasteiger partial charge in [-0.3, -0.25) is 0 Å². The fourth-order valence-corrected chi connectivity index (χ4v) is 2.93. The molecule has 2 aromatic rings. The van der Waals surface area contributed by atoms with Gasteiger partial charge < -0.3 is 13.7 Å². The largest absolute Gasteiger partial charge is 0.482 e. The normalized spacial score (nSPS) is 10.9. The first-order chi connectivity index (χ1) is 11.4. The average Bonchev–Trinajstić information content (AvgIpc) is 2.53. The van der Waals surface area contributed by atoms with E-state index >= 15 is 0 Å². The molecule has 0 heterocycles. The Morgan fingerprint density at radius 1 is 1.08 bits per heavy atom. The van der Waals surface area contributed by atoms with Crippen LogP contribution >= 0.6 is 11.6 Å². The predicted molar refractivity (Wildman–Crippen MR) is 87.8 cm³/mol. The second-order valence-electron chi connectivity index (χ2n) is 4.57. The molecule has 0 N–H and O–H groups in total. The molecule has 0 radical (unpaired) electrons. The molecule has 0 aliphatic carbocycles. The molecule has 0 aliphatic rings. The maximum atomic E-state index is 12.2. The van der Waals surface area contributed by atoms with Crippen molar-refractivity contribution in [3.63, 3.8) is 0 Å². The average molecular weight is 371 g/mol. The van der Waals surface area contributed by atoms with Crippen LogP contribution in [0.15, 0.2) is 53.4 Å². The fourth-order valence-electron chi connectivity index (χ4n) is 1.78. The van der Waals surface area contributed by atoms with Crippen LogP contribution < -0.4 is 8.92 Å². The van der Waals surface area contributed by atoms with Gasteiger partial charge in [-0.25, -0.2) is 4.79 Å². The molecule has 0 bridgehead atoms. The Labute approximate surface area is 145 Å². The minimum atomic E-state index is -3.99. The zero-order valence-corrected chi connectivity index (χ0v) is 14.3.